The molecule has 1 aliphatic carbocycles. The zero-order valence-electron chi connectivity index (χ0n) is 16.2. The van der Waals surface area contributed by atoms with E-state index in [-0.39, 0.29) is 18.6 Å². The van der Waals surface area contributed by atoms with Crippen molar-refractivity contribution in [1.82, 2.24) is 4.90 Å². The highest BCUT2D eigenvalue weighted by Crippen LogP contribution is 2.44. The maximum absolute atomic E-state index is 12.8. The predicted octanol–water partition coefficient (Wildman–Crippen LogP) is 4.49. The van der Waals surface area contributed by atoms with Crippen molar-refractivity contribution in [3.8, 4) is 11.1 Å². The van der Waals surface area contributed by atoms with Gasteiger partial charge in [0.15, 0.2) is 0 Å². The standard InChI is InChI=1S/C25H23NO3/c27-15-17-9-10-18-11-12-26(14-19(18)13-17)25(28)29-16-24-22-7-3-1-5-20(22)21-6-2-4-8-23(21)24/h1-10,13,24,27H,11-12,14-16H2. The first-order valence-corrected chi connectivity index (χ1v) is 10.1. The smallest absolute Gasteiger partial charge is 0.410 e. The largest absolute Gasteiger partial charge is 0.448 e. The lowest BCUT2D eigenvalue weighted by Gasteiger charge is -2.29. The minimum atomic E-state index is -0.271. The maximum atomic E-state index is 12.8. The molecule has 0 saturated carbocycles. The zero-order valence-corrected chi connectivity index (χ0v) is 16.2. The van der Waals surface area contributed by atoms with Gasteiger partial charge in [-0.15, -0.1) is 0 Å². The van der Waals surface area contributed by atoms with Gasteiger partial charge in [-0.05, 0) is 45.4 Å². The number of nitrogens with zero attached hydrogens (tertiary/aromatic N) is 1. The Morgan fingerprint density at radius 1 is 0.966 bits per heavy atom. The van der Waals surface area contributed by atoms with E-state index in [1.54, 1.807) is 4.90 Å². The summed E-state index contributed by atoms with van der Waals surface area (Å²) in [5, 5.41) is 9.37. The minimum Gasteiger partial charge on any atom is -0.448 e. The van der Waals surface area contributed by atoms with Gasteiger partial charge in [0.05, 0.1) is 6.61 Å². The van der Waals surface area contributed by atoms with Gasteiger partial charge in [-0.1, -0.05) is 66.7 Å². The quantitative estimate of drug-likeness (QED) is 0.723. The van der Waals surface area contributed by atoms with Crippen molar-refractivity contribution < 1.29 is 14.6 Å². The van der Waals surface area contributed by atoms with Crippen molar-refractivity contribution in [3.63, 3.8) is 0 Å². The molecule has 1 heterocycles. The lowest BCUT2D eigenvalue weighted by Crippen LogP contribution is -2.37. The van der Waals surface area contributed by atoms with E-state index in [9.17, 15) is 9.90 Å². The number of aliphatic hydroxyl groups excluding tert-OH is 1. The Hall–Kier alpha value is -3.11. The summed E-state index contributed by atoms with van der Waals surface area (Å²) >= 11 is 0. The summed E-state index contributed by atoms with van der Waals surface area (Å²) in [5.41, 5.74) is 8.11. The van der Waals surface area contributed by atoms with Gasteiger partial charge in [-0.25, -0.2) is 4.79 Å². The van der Waals surface area contributed by atoms with Gasteiger partial charge in [0.2, 0.25) is 0 Å². The fourth-order valence-corrected chi connectivity index (χ4v) is 4.55. The molecule has 4 nitrogen and oxygen atoms in total. The highest BCUT2D eigenvalue weighted by molar-refractivity contribution is 5.79. The number of ether oxygens (including phenoxy) is 1. The van der Waals surface area contributed by atoms with Crippen LogP contribution >= 0.6 is 0 Å². The molecule has 0 spiro atoms. The Balaban J connectivity index is 1.31. The second-order valence-electron chi connectivity index (χ2n) is 7.74. The molecule has 0 saturated heterocycles. The first-order chi connectivity index (χ1) is 14.2. The van der Waals surface area contributed by atoms with Crippen molar-refractivity contribution in [2.75, 3.05) is 13.2 Å². The molecule has 146 valence electrons. The van der Waals surface area contributed by atoms with E-state index in [0.29, 0.717) is 19.7 Å². The minimum absolute atomic E-state index is 0.0121. The Bertz CT molecular complexity index is 1030. The second-order valence-corrected chi connectivity index (χ2v) is 7.74. The van der Waals surface area contributed by atoms with E-state index in [4.69, 9.17) is 4.74 Å². The third-order valence-corrected chi connectivity index (χ3v) is 6.06. The molecule has 0 fully saturated rings. The molecule has 29 heavy (non-hydrogen) atoms. The van der Waals surface area contributed by atoms with E-state index in [0.717, 1.165) is 17.5 Å². The number of carbonyl (C=O) groups is 1. The Kier molecular flexibility index (Phi) is 4.57. The van der Waals surface area contributed by atoms with Crippen LogP contribution in [0.4, 0.5) is 4.79 Å². The number of rotatable bonds is 3. The Labute approximate surface area is 170 Å². The number of hydrogen-bond donors (Lipinski definition) is 1. The fraction of sp³-hybridized carbons (Fsp3) is 0.240. The van der Waals surface area contributed by atoms with Crippen LogP contribution in [0.1, 0.15) is 33.7 Å². The van der Waals surface area contributed by atoms with Crippen LogP contribution in [0, 0.1) is 0 Å². The molecule has 0 atom stereocenters. The number of benzene rings is 3. The number of amides is 1. The molecule has 1 N–H and O–H groups in total. The summed E-state index contributed by atoms with van der Waals surface area (Å²) in [7, 11) is 0. The Morgan fingerprint density at radius 3 is 2.34 bits per heavy atom. The highest BCUT2D eigenvalue weighted by atomic mass is 16.6. The first kappa shape index (κ1) is 18.0. The van der Waals surface area contributed by atoms with Crippen LogP contribution in [0.5, 0.6) is 0 Å². The molecule has 0 aromatic heterocycles. The molecule has 1 aliphatic heterocycles. The fourth-order valence-electron chi connectivity index (χ4n) is 4.55. The summed E-state index contributed by atoms with van der Waals surface area (Å²) in [6.07, 6.45) is 0.539. The predicted molar refractivity (Wildman–Crippen MR) is 112 cm³/mol. The average Bonchev–Trinajstić information content (AvgIpc) is 3.10. The number of carbonyl (C=O) groups excluding carboxylic acids is 1. The maximum Gasteiger partial charge on any atom is 0.410 e. The van der Waals surface area contributed by atoms with Gasteiger partial charge in [0, 0.05) is 19.0 Å². The lowest BCUT2D eigenvalue weighted by molar-refractivity contribution is 0.0953. The molecular weight excluding hydrogens is 362 g/mol. The van der Waals surface area contributed by atoms with Gasteiger partial charge >= 0.3 is 6.09 Å². The average molecular weight is 385 g/mol. The highest BCUT2D eigenvalue weighted by Gasteiger charge is 2.30. The van der Waals surface area contributed by atoms with Crippen LogP contribution < -0.4 is 0 Å². The third-order valence-electron chi connectivity index (χ3n) is 6.06. The second kappa shape index (κ2) is 7.37. The monoisotopic (exact) mass is 385 g/mol. The van der Waals surface area contributed by atoms with Crippen LogP contribution in [0.25, 0.3) is 11.1 Å². The molecule has 5 rings (SSSR count). The van der Waals surface area contributed by atoms with Crippen LogP contribution in [0.15, 0.2) is 66.7 Å². The van der Waals surface area contributed by atoms with Gasteiger partial charge in [-0.2, -0.15) is 0 Å². The zero-order chi connectivity index (χ0) is 19.8. The van der Waals surface area contributed by atoms with E-state index in [1.165, 1.54) is 27.8 Å². The number of aliphatic hydroxyl groups is 1. The molecular formula is C25H23NO3. The molecule has 3 aromatic carbocycles. The molecule has 0 radical (unpaired) electrons. The summed E-state index contributed by atoms with van der Waals surface area (Å²) in [4.78, 5) is 14.6. The van der Waals surface area contributed by atoms with Crippen molar-refractivity contribution in [1.29, 1.82) is 0 Å². The number of hydrogen-bond acceptors (Lipinski definition) is 3. The van der Waals surface area contributed by atoms with Crippen LogP contribution in [0.2, 0.25) is 0 Å². The third kappa shape index (κ3) is 3.19. The van der Waals surface area contributed by atoms with Crippen molar-refractivity contribution in [2.45, 2.75) is 25.5 Å². The molecule has 3 aromatic rings. The molecule has 2 aliphatic rings. The van der Waals surface area contributed by atoms with Gasteiger partial charge in [0.25, 0.3) is 0 Å². The van der Waals surface area contributed by atoms with Crippen LogP contribution in [0.3, 0.4) is 0 Å². The van der Waals surface area contributed by atoms with E-state index in [2.05, 4.69) is 42.5 Å². The van der Waals surface area contributed by atoms with Crippen molar-refractivity contribution in [2.24, 2.45) is 0 Å². The lowest BCUT2D eigenvalue weighted by atomic mass is 9.97. The Morgan fingerprint density at radius 2 is 1.66 bits per heavy atom. The van der Waals surface area contributed by atoms with E-state index in [1.807, 2.05) is 24.3 Å². The molecule has 0 unspecified atom stereocenters. The van der Waals surface area contributed by atoms with Gasteiger partial charge in [-0.3, -0.25) is 0 Å². The summed E-state index contributed by atoms with van der Waals surface area (Å²) < 4.78 is 5.79. The number of fused-ring (bicyclic) bond motifs is 4. The van der Waals surface area contributed by atoms with Gasteiger partial charge < -0.3 is 14.7 Å². The van der Waals surface area contributed by atoms with Crippen LogP contribution in [-0.4, -0.2) is 29.3 Å². The summed E-state index contributed by atoms with van der Waals surface area (Å²) in [6.45, 7) is 1.53. The molecule has 0 bridgehead atoms. The summed E-state index contributed by atoms with van der Waals surface area (Å²) in [6, 6.07) is 22.7. The first-order valence-electron chi connectivity index (χ1n) is 10.1. The van der Waals surface area contributed by atoms with E-state index >= 15 is 0 Å². The van der Waals surface area contributed by atoms with E-state index < -0.39 is 0 Å². The topological polar surface area (TPSA) is 49.8 Å². The van der Waals surface area contributed by atoms with Crippen molar-refractivity contribution >= 4 is 6.09 Å². The van der Waals surface area contributed by atoms with Crippen LogP contribution in [-0.2, 0) is 24.3 Å². The van der Waals surface area contributed by atoms with Gasteiger partial charge in [0.1, 0.15) is 6.61 Å². The summed E-state index contributed by atoms with van der Waals surface area (Å²) in [5.74, 6) is 0.0735. The normalized spacial score (nSPS) is 14.9. The SMILES string of the molecule is O=C(OCC1c2ccccc2-c2ccccc21)N1CCc2ccc(CO)cc2C1. The molecule has 1 amide bonds. The van der Waals surface area contributed by atoms with Crippen molar-refractivity contribution in [3.05, 3.63) is 94.5 Å². The molecule has 4 heteroatoms.